The topological polar surface area (TPSA) is 93.7 Å². The molecular weight excluding hydrogens is 346 g/mol. The van der Waals surface area contributed by atoms with Crippen LogP contribution in [0.15, 0.2) is 10.9 Å². The molecule has 7 nitrogen and oxygen atoms in total. The largest absolute Gasteiger partial charge is 0.392 e. The van der Waals surface area contributed by atoms with Crippen LogP contribution in [0.1, 0.15) is 54.2 Å². The Morgan fingerprint density at radius 1 is 1.26 bits per heavy atom. The molecule has 3 rings (SSSR count). The number of aryl methyl sites for hydroxylation is 2. The maximum absolute atomic E-state index is 12.8. The van der Waals surface area contributed by atoms with Gasteiger partial charge in [-0.1, -0.05) is 0 Å². The number of pyridine rings is 1. The molecule has 1 atom stereocenters. The van der Waals surface area contributed by atoms with Crippen molar-refractivity contribution in [3.63, 3.8) is 0 Å². The molecule has 7 heteroatoms. The molecule has 0 saturated carbocycles. The molecule has 1 spiro atoms. The fourth-order valence-electron chi connectivity index (χ4n) is 4.24. The first-order chi connectivity index (χ1) is 12.7. The van der Waals surface area contributed by atoms with Gasteiger partial charge in [0.1, 0.15) is 5.56 Å². The summed E-state index contributed by atoms with van der Waals surface area (Å²) >= 11 is 0. The molecule has 0 aromatic carbocycles. The molecule has 2 aliphatic rings. The lowest BCUT2D eigenvalue weighted by Gasteiger charge is -2.47. The van der Waals surface area contributed by atoms with Gasteiger partial charge in [-0.05, 0) is 57.1 Å². The van der Waals surface area contributed by atoms with E-state index in [1.165, 1.54) is 0 Å². The highest BCUT2D eigenvalue weighted by Crippen LogP contribution is 2.40. The van der Waals surface area contributed by atoms with Gasteiger partial charge in [-0.15, -0.1) is 0 Å². The smallest absolute Gasteiger partial charge is 0.261 e. The Balaban J connectivity index is 1.68. The SMILES string of the molecule is Cc1cc(C(=O)N2CCC3(CCC(=O)N(C[C@H](C)O)C3)CC2)c(=O)[nH]c1C. The third kappa shape index (κ3) is 4.08. The fraction of sp³-hybridized carbons (Fsp3) is 0.650. The Hall–Kier alpha value is -2.15. The second kappa shape index (κ2) is 7.46. The van der Waals surface area contributed by atoms with Gasteiger partial charge < -0.3 is 19.9 Å². The van der Waals surface area contributed by atoms with Crippen LogP contribution in [0.5, 0.6) is 0 Å². The van der Waals surface area contributed by atoms with Crippen LogP contribution in [0.3, 0.4) is 0 Å². The Morgan fingerprint density at radius 2 is 1.93 bits per heavy atom. The number of aromatic nitrogens is 1. The van der Waals surface area contributed by atoms with E-state index in [4.69, 9.17) is 0 Å². The number of aliphatic hydroxyl groups is 1. The molecule has 2 aliphatic heterocycles. The predicted octanol–water partition coefficient (Wildman–Crippen LogP) is 1.22. The molecule has 0 radical (unpaired) electrons. The molecule has 27 heavy (non-hydrogen) atoms. The second-order valence-corrected chi connectivity index (χ2v) is 8.24. The van der Waals surface area contributed by atoms with Gasteiger partial charge in [0.15, 0.2) is 0 Å². The Morgan fingerprint density at radius 3 is 2.56 bits per heavy atom. The van der Waals surface area contributed by atoms with Gasteiger partial charge in [-0.25, -0.2) is 0 Å². The van der Waals surface area contributed by atoms with Gasteiger partial charge in [-0.2, -0.15) is 0 Å². The van der Waals surface area contributed by atoms with Crippen molar-refractivity contribution in [2.45, 2.75) is 52.6 Å². The summed E-state index contributed by atoms with van der Waals surface area (Å²) in [5, 5.41) is 9.64. The quantitative estimate of drug-likeness (QED) is 0.831. The fourth-order valence-corrected chi connectivity index (χ4v) is 4.24. The number of β-amino-alcohol motifs (C(OH)–C–C–N with tert-alkyl or cyclic N) is 1. The number of piperidine rings is 2. The van der Waals surface area contributed by atoms with Gasteiger partial charge in [0.2, 0.25) is 5.91 Å². The van der Waals surface area contributed by atoms with Crippen molar-refractivity contribution in [3.05, 3.63) is 33.2 Å². The van der Waals surface area contributed by atoms with E-state index in [0.29, 0.717) is 32.6 Å². The number of nitrogens with one attached hydrogen (secondary N) is 1. The van der Waals surface area contributed by atoms with E-state index >= 15 is 0 Å². The summed E-state index contributed by atoms with van der Waals surface area (Å²) in [6.45, 7) is 7.56. The van der Waals surface area contributed by atoms with E-state index in [-0.39, 0.29) is 28.4 Å². The average Bonchev–Trinajstić information content (AvgIpc) is 2.61. The molecule has 1 aromatic rings. The molecule has 0 bridgehead atoms. The summed E-state index contributed by atoms with van der Waals surface area (Å²) in [6, 6.07) is 1.67. The van der Waals surface area contributed by atoms with Crippen molar-refractivity contribution in [2.75, 3.05) is 26.2 Å². The van der Waals surface area contributed by atoms with Crippen molar-refractivity contribution >= 4 is 11.8 Å². The minimum atomic E-state index is -0.540. The highest BCUT2D eigenvalue weighted by Gasteiger charge is 2.42. The zero-order chi connectivity index (χ0) is 19.8. The maximum Gasteiger partial charge on any atom is 0.261 e. The number of H-pyrrole nitrogens is 1. The molecule has 0 aliphatic carbocycles. The zero-order valence-electron chi connectivity index (χ0n) is 16.4. The van der Waals surface area contributed by atoms with Gasteiger partial charge in [0.25, 0.3) is 11.5 Å². The van der Waals surface area contributed by atoms with Crippen molar-refractivity contribution in [1.29, 1.82) is 0 Å². The lowest BCUT2D eigenvalue weighted by molar-refractivity contribution is -0.140. The Kier molecular flexibility index (Phi) is 5.42. The number of likely N-dealkylation sites (tertiary alicyclic amines) is 2. The molecule has 1 aromatic heterocycles. The normalized spacial score (nSPS) is 20.8. The average molecular weight is 375 g/mol. The summed E-state index contributed by atoms with van der Waals surface area (Å²) in [5.41, 5.74) is 1.54. The second-order valence-electron chi connectivity index (χ2n) is 8.24. The van der Waals surface area contributed by atoms with Crippen LogP contribution in [-0.2, 0) is 4.79 Å². The molecule has 3 heterocycles. The molecule has 2 saturated heterocycles. The molecule has 2 amide bonds. The van der Waals surface area contributed by atoms with E-state index in [1.807, 2.05) is 13.8 Å². The number of carbonyl (C=O) groups is 2. The summed E-state index contributed by atoms with van der Waals surface area (Å²) in [5.74, 6) is -0.122. The predicted molar refractivity (Wildman–Crippen MR) is 102 cm³/mol. The highest BCUT2D eigenvalue weighted by molar-refractivity contribution is 5.94. The number of aromatic amines is 1. The van der Waals surface area contributed by atoms with Crippen LogP contribution < -0.4 is 5.56 Å². The van der Waals surface area contributed by atoms with Crippen LogP contribution in [-0.4, -0.2) is 64.0 Å². The number of carbonyl (C=O) groups excluding carboxylic acids is 2. The summed E-state index contributed by atoms with van der Waals surface area (Å²) in [7, 11) is 0. The van der Waals surface area contributed by atoms with Crippen LogP contribution in [0.25, 0.3) is 0 Å². The number of nitrogens with zero attached hydrogens (tertiary/aromatic N) is 2. The van der Waals surface area contributed by atoms with Gasteiger partial charge in [-0.3, -0.25) is 14.4 Å². The standard InChI is InChI=1S/C20H29N3O4/c1-13-10-16(18(26)21-15(13)3)19(27)22-8-6-20(7-9-22)5-4-17(25)23(12-20)11-14(2)24/h10,14,24H,4-9,11-12H2,1-3H3,(H,21,26)/t14-/m0/s1. The number of rotatable bonds is 3. The molecule has 2 fully saturated rings. The van der Waals surface area contributed by atoms with E-state index < -0.39 is 6.10 Å². The molecule has 148 valence electrons. The lowest BCUT2D eigenvalue weighted by atomic mass is 9.72. The number of aliphatic hydroxyl groups excluding tert-OH is 1. The van der Waals surface area contributed by atoms with E-state index in [0.717, 1.165) is 30.5 Å². The minimum Gasteiger partial charge on any atom is -0.392 e. The molecular formula is C20H29N3O4. The van der Waals surface area contributed by atoms with Crippen LogP contribution in [0.2, 0.25) is 0 Å². The minimum absolute atomic E-state index is 0.00912. The first kappa shape index (κ1) is 19.6. The number of amides is 2. The van der Waals surface area contributed by atoms with Gasteiger partial charge >= 0.3 is 0 Å². The summed E-state index contributed by atoms with van der Waals surface area (Å²) in [6.07, 6.45) is 2.41. The van der Waals surface area contributed by atoms with Crippen LogP contribution in [0.4, 0.5) is 0 Å². The first-order valence-corrected chi connectivity index (χ1v) is 9.66. The van der Waals surface area contributed by atoms with Crippen LogP contribution in [0, 0.1) is 19.3 Å². The third-order valence-electron chi connectivity index (χ3n) is 6.07. The van der Waals surface area contributed by atoms with Crippen molar-refractivity contribution in [1.82, 2.24) is 14.8 Å². The van der Waals surface area contributed by atoms with Crippen molar-refractivity contribution in [2.24, 2.45) is 5.41 Å². The molecule has 0 unspecified atom stereocenters. The van der Waals surface area contributed by atoms with Crippen molar-refractivity contribution < 1.29 is 14.7 Å². The van der Waals surface area contributed by atoms with Gasteiger partial charge in [0.05, 0.1) is 6.10 Å². The molecule has 2 N–H and O–H groups in total. The number of hydrogen-bond acceptors (Lipinski definition) is 4. The van der Waals surface area contributed by atoms with Crippen molar-refractivity contribution in [3.8, 4) is 0 Å². The highest BCUT2D eigenvalue weighted by atomic mass is 16.3. The summed E-state index contributed by atoms with van der Waals surface area (Å²) < 4.78 is 0. The Labute approximate surface area is 159 Å². The lowest BCUT2D eigenvalue weighted by Crippen LogP contribution is -2.53. The maximum atomic E-state index is 12.8. The monoisotopic (exact) mass is 375 g/mol. The van der Waals surface area contributed by atoms with E-state index in [1.54, 1.807) is 22.8 Å². The number of hydrogen-bond donors (Lipinski definition) is 2. The van der Waals surface area contributed by atoms with Gasteiger partial charge in [0, 0.05) is 38.3 Å². The van der Waals surface area contributed by atoms with Crippen LogP contribution >= 0.6 is 0 Å². The zero-order valence-corrected chi connectivity index (χ0v) is 16.4. The Bertz CT molecular complexity index is 791. The third-order valence-corrected chi connectivity index (χ3v) is 6.07. The first-order valence-electron chi connectivity index (χ1n) is 9.66. The van der Waals surface area contributed by atoms with E-state index in [2.05, 4.69) is 4.98 Å². The van der Waals surface area contributed by atoms with E-state index in [9.17, 15) is 19.5 Å². The summed E-state index contributed by atoms with van der Waals surface area (Å²) in [4.78, 5) is 43.4.